The van der Waals surface area contributed by atoms with Gasteiger partial charge in [0.25, 0.3) is 5.91 Å². The minimum Gasteiger partial charge on any atom is -0.326 e. The van der Waals surface area contributed by atoms with Gasteiger partial charge in [-0.05, 0) is 31.2 Å². The minimum atomic E-state index is -0.510. The maximum atomic E-state index is 12.2. The first-order valence-corrected chi connectivity index (χ1v) is 8.71. The van der Waals surface area contributed by atoms with Crippen LogP contribution in [-0.4, -0.2) is 36.3 Å². The van der Waals surface area contributed by atoms with E-state index in [9.17, 15) is 19.7 Å². The van der Waals surface area contributed by atoms with Crippen LogP contribution in [-0.2, 0) is 18.4 Å². The van der Waals surface area contributed by atoms with Gasteiger partial charge in [0, 0.05) is 37.6 Å². The van der Waals surface area contributed by atoms with Gasteiger partial charge in [-0.15, -0.1) is 0 Å². The van der Waals surface area contributed by atoms with Crippen LogP contribution in [0, 0.1) is 17.0 Å². The number of carbonyl (C=O) groups is 2. The fraction of sp³-hybridized carbons (Fsp3) is 0.222. The molecule has 0 bridgehead atoms. The summed E-state index contributed by atoms with van der Waals surface area (Å²) in [5.41, 5.74) is 1.52. The Morgan fingerprint density at radius 2 is 1.90 bits per heavy atom. The molecule has 2 heterocycles. The fourth-order valence-corrected chi connectivity index (χ4v) is 2.65. The van der Waals surface area contributed by atoms with Gasteiger partial charge in [-0.3, -0.25) is 29.1 Å². The number of hydrogen-bond acceptors (Lipinski definition) is 6. The molecule has 3 aromatic rings. The molecule has 1 aromatic carbocycles. The van der Waals surface area contributed by atoms with Crippen molar-refractivity contribution in [3.63, 3.8) is 0 Å². The summed E-state index contributed by atoms with van der Waals surface area (Å²) in [6, 6.07) is 8.31. The molecule has 0 aliphatic heterocycles. The lowest BCUT2D eigenvalue weighted by atomic mass is 10.2. The van der Waals surface area contributed by atoms with Crippen LogP contribution >= 0.6 is 0 Å². The van der Waals surface area contributed by atoms with Gasteiger partial charge in [-0.1, -0.05) is 6.07 Å². The van der Waals surface area contributed by atoms with E-state index in [1.54, 1.807) is 50.5 Å². The second-order valence-corrected chi connectivity index (χ2v) is 6.33. The van der Waals surface area contributed by atoms with E-state index in [-0.39, 0.29) is 36.2 Å². The van der Waals surface area contributed by atoms with E-state index in [0.717, 1.165) is 0 Å². The fourth-order valence-electron chi connectivity index (χ4n) is 2.65. The number of rotatable bonds is 7. The Kier molecular flexibility index (Phi) is 5.67. The van der Waals surface area contributed by atoms with Crippen LogP contribution in [0.5, 0.6) is 0 Å². The molecule has 3 rings (SSSR count). The summed E-state index contributed by atoms with van der Waals surface area (Å²) in [6.45, 7) is 1.75. The van der Waals surface area contributed by atoms with Crippen LogP contribution in [0.25, 0.3) is 0 Å². The highest BCUT2D eigenvalue weighted by Gasteiger charge is 2.16. The van der Waals surface area contributed by atoms with Gasteiger partial charge >= 0.3 is 5.69 Å². The van der Waals surface area contributed by atoms with Crippen molar-refractivity contribution in [1.29, 1.82) is 0 Å². The van der Waals surface area contributed by atoms with Gasteiger partial charge in [0.2, 0.25) is 5.91 Å². The van der Waals surface area contributed by atoms with E-state index >= 15 is 0 Å². The highest BCUT2D eigenvalue weighted by molar-refractivity contribution is 6.03. The maximum Gasteiger partial charge on any atom is 0.309 e. The summed E-state index contributed by atoms with van der Waals surface area (Å²) >= 11 is 0. The third kappa shape index (κ3) is 5.03. The third-order valence-corrected chi connectivity index (χ3v) is 4.04. The van der Waals surface area contributed by atoms with Crippen molar-refractivity contribution in [2.24, 2.45) is 7.05 Å². The smallest absolute Gasteiger partial charge is 0.309 e. The molecule has 0 aliphatic carbocycles. The molecule has 0 radical (unpaired) electrons. The van der Waals surface area contributed by atoms with Crippen LogP contribution in [0.2, 0.25) is 0 Å². The van der Waals surface area contributed by atoms with Gasteiger partial charge in [0.1, 0.15) is 11.9 Å². The number of aryl methyl sites for hydroxylation is 3. The molecule has 0 saturated heterocycles. The standard InChI is InChI=1S/C18H19N7O4/c1-12-16(25(28)29)11-24(21-12)9-7-17(26)19-13-4-3-5-14(10-13)20-18(27)15-6-8-23(2)22-15/h3-6,8,10-11H,7,9H2,1-2H3,(H,19,26)(H,20,27). The summed E-state index contributed by atoms with van der Waals surface area (Å²) in [6.07, 6.45) is 3.06. The van der Waals surface area contributed by atoms with Crippen LogP contribution in [0.15, 0.2) is 42.7 Å². The summed E-state index contributed by atoms with van der Waals surface area (Å²) < 4.78 is 2.90. The summed E-state index contributed by atoms with van der Waals surface area (Å²) in [4.78, 5) is 34.7. The van der Waals surface area contributed by atoms with Gasteiger partial charge in [-0.2, -0.15) is 10.2 Å². The summed E-state index contributed by atoms with van der Waals surface area (Å²) in [5.74, 6) is -0.640. The van der Waals surface area contributed by atoms with Gasteiger partial charge in [0.05, 0.1) is 4.92 Å². The molecule has 11 nitrogen and oxygen atoms in total. The Balaban J connectivity index is 1.56. The SMILES string of the molecule is Cc1nn(CCC(=O)Nc2cccc(NC(=O)c3ccn(C)n3)c2)cc1[N+](=O)[O-]. The Hall–Kier alpha value is -4.02. The Bertz CT molecular complexity index is 1070. The van der Waals surface area contributed by atoms with E-state index in [2.05, 4.69) is 20.8 Å². The lowest BCUT2D eigenvalue weighted by Gasteiger charge is -2.08. The number of benzene rings is 1. The van der Waals surface area contributed by atoms with Crippen molar-refractivity contribution in [2.75, 3.05) is 10.6 Å². The van der Waals surface area contributed by atoms with E-state index in [1.165, 1.54) is 15.6 Å². The van der Waals surface area contributed by atoms with E-state index in [4.69, 9.17) is 0 Å². The van der Waals surface area contributed by atoms with Crippen molar-refractivity contribution in [3.8, 4) is 0 Å². The molecule has 11 heteroatoms. The Labute approximate surface area is 165 Å². The molecular formula is C18H19N7O4. The molecule has 2 N–H and O–H groups in total. The lowest BCUT2D eigenvalue weighted by Crippen LogP contribution is -2.16. The van der Waals surface area contributed by atoms with Gasteiger partial charge in [0.15, 0.2) is 5.69 Å². The predicted molar refractivity (Wildman–Crippen MR) is 104 cm³/mol. The third-order valence-electron chi connectivity index (χ3n) is 4.04. The summed E-state index contributed by atoms with van der Waals surface area (Å²) in [5, 5.41) is 24.4. The van der Waals surface area contributed by atoms with Crippen LogP contribution in [0.1, 0.15) is 22.6 Å². The summed E-state index contributed by atoms with van der Waals surface area (Å²) in [7, 11) is 1.72. The number of amides is 2. The van der Waals surface area contributed by atoms with E-state index in [1.807, 2.05) is 0 Å². The van der Waals surface area contributed by atoms with Crippen molar-refractivity contribution in [2.45, 2.75) is 19.9 Å². The first kappa shape index (κ1) is 19.7. The molecule has 0 spiro atoms. The lowest BCUT2D eigenvalue weighted by molar-refractivity contribution is -0.385. The second kappa shape index (κ2) is 8.33. The van der Waals surface area contributed by atoms with Crippen LogP contribution < -0.4 is 10.6 Å². The first-order chi connectivity index (χ1) is 13.8. The zero-order valence-corrected chi connectivity index (χ0v) is 15.8. The first-order valence-electron chi connectivity index (χ1n) is 8.71. The minimum absolute atomic E-state index is 0.0817. The number of hydrogen-bond donors (Lipinski definition) is 2. The number of aromatic nitrogens is 4. The monoisotopic (exact) mass is 397 g/mol. The van der Waals surface area contributed by atoms with Gasteiger partial charge in [-0.25, -0.2) is 0 Å². The molecule has 0 atom stereocenters. The topological polar surface area (TPSA) is 137 Å². The molecule has 0 aliphatic rings. The van der Waals surface area contributed by atoms with Crippen molar-refractivity contribution in [1.82, 2.24) is 19.6 Å². The molecule has 0 saturated carbocycles. The number of nitro groups is 1. The molecule has 2 aromatic heterocycles. The van der Waals surface area contributed by atoms with Gasteiger partial charge < -0.3 is 10.6 Å². The van der Waals surface area contributed by atoms with Crippen LogP contribution in [0.3, 0.4) is 0 Å². The largest absolute Gasteiger partial charge is 0.326 e. The van der Waals surface area contributed by atoms with Crippen molar-refractivity contribution >= 4 is 28.9 Å². The molecule has 0 unspecified atom stereocenters. The number of nitrogens with one attached hydrogen (secondary N) is 2. The predicted octanol–water partition coefficient (Wildman–Crippen LogP) is 2.11. The Morgan fingerprint density at radius 1 is 1.17 bits per heavy atom. The second-order valence-electron chi connectivity index (χ2n) is 6.33. The zero-order chi connectivity index (χ0) is 21.0. The van der Waals surface area contributed by atoms with E-state index in [0.29, 0.717) is 17.1 Å². The molecule has 0 fully saturated rings. The molecular weight excluding hydrogens is 378 g/mol. The van der Waals surface area contributed by atoms with Crippen LogP contribution in [0.4, 0.5) is 17.1 Å². The highest BCUT2D eigenvalue weighted by Crippen LogP contribution is 2.17. The highest BCUT2D eigenvalue weighted by atomic mass is 16.6. The normalized spacial score (nSPS) is 10.6. The molecule has 29 heavy (non-hydrogen) atoms. The maximum absolute atomic E-state index is 12.2. The zero-order valence-electron chi connectivity index (χ0n) is 15.8. The molecule has 150 valence electrons. The van der Waals surface area contributed by atoms with Crippen molar-refractivity contribution < 1.29 is 14.5 Å². The Morgan fingerprint density at radius 3 is 2.52 bits per heavy atom. The number of anilines is 2. The number of nitrogens with zero attached hydrogens (tertiary/aromatic N) is 5. The molecule has 2 amide bonds. The average molecular weight is 397 g/mol. The van der Waals surface area contributed by atoms with Crippen molar-refractivity contribution in [3.05, 3.63) is 64.2 Å². The average Bonchev–Trinajstić information content (AvgIpc) is 3.26. The quantitative estimate of drug-likeness (QED) is 0.463. The van der Waals surface area contributed by atoms with E-state index < -0.39 is 4.92 Å². The number of carbonyl (C=O) groups excluding carboxylic acids is 2.